The Kier molecular flexibility index (Phi) is 4.68. The first-order valence-corrected chi connectivity index (χ1v) is 5.82. The molecule has 0 spiro atoms. The summed E-state index contributed by atoms with van der Waals surface area (Å²) in [4.78, 5) is 10.9. The van der Waals surface area contributed by atoms with Crippen LogP contribution in [0.4, 0.5) is 5.95 Å². The van der Waals surface area contributed by atoms with Gasteiger partial charge in [-0.3, -0.25) is 0 Å². The molecule has 1 aromatic heterocycles. The molecule has 0 fully saturated rings. The molecule has 0 amide bonds. The lowest BCUT2D eigenvalue weighted by molar-refractivity contribution is 0.554. The minimum absolute atomic E-state index is 0.501. The van der Waals surface area contributed by atoms with Gasteiger partial charge in [0.25, 0.3) is 0 Å². The molecule has 0 aromatic carbocycles. The first-order chi connectivity index (χ1) is 7.58. The first kappa shape index (κ1) is 12.9. The van der Waals surface area contributed by atoms with Crippen LogP contribution in [0, 0.1) is 12.8 Å². The molecule has 1 aromatic rings. The molecular weight excluding hydrogens is 200 g/mol. The molecule has 2 N–H and O–H groups in total. The van der Waals surface area contributed by atoms with Crippen LogP contribution in [-0.2, 0) is 6.54 Å². The quantitative estimate of drug-likeness (QED) is 0.824. The smallest absolute Gasteiger partial charge is 0.225 e. The predicted octanol–water partition coefficient (Wildman–Crippen LogP) is 1.73. The van der Waals surface area contributed by atoms with Crippen LogP contribution in [0.2, 0.25) is 0 Å². The van der Waals surface area contributed by atoms with E-state index in [0.717, 1.165) is 23.8 Å². The highest BCUT2D eigenvalue weighted by Gasteiger charge is 2.09. The molecule has 0 aliphatic carbocycles. The van der Waals surface area contributed by atoms with Crippen molar-refractivity contribution in [3.05, 3.63) is 17.5 Å². The predicted molar refractivity (Wildman–Crippen MR) is 67.4 cm³/mol. The van der Waals surface area contributed by atoms with Crippen molar-refractivity contribution in [3.63, 3.8) is 0 Å². The second-order valence-corrected chi connectivity index (χ2v) is 4.38. The van der Waals surface area contributed by atoms with E-state index in [-0.39, 0.29) is 0 Å². The van der Waals surface area contributed by atoms with E-state index in [9.17, 15) is 0 Å². The zero-order valence-corrected chi connectivity index (χ0v) is 10.7. The molecule has 90 valence electrons. The van der Waals surface area contributed by atoms with Crippen LogP contribution in [0.25, 0.3) is 0 Å². The van der Waals surface area contributed by atoms with Crippen molar-refractivity contribution in [3.8, 4) is 0 Å². The summed E-state index contributed by atoms with van der Waals surface area (Å²) in [6.45, 7) is 7.89. The molecule has 1 atom stereocenters. The van der Waals surface area contributed by atoms with Crippen LogP contribution in [0.5, 0.6) is 0 Å². The monoisotopic (exact) mass is 222 g/mol. The highest BCUT2D eigenvalue weighted by molar-refractivity contribution is 5.31. The lowest BCUT2D eigenvalue weighted by Gasteiger charge is -2.21. The van der Waals surface area contributed by atoms with Gasteiger partial charge < -0.3 is 10.6 Å². The summed E-state index contributed by atoms with van der Waals surface area (Å²) in [5.41, 5.74) is 7.58. The highest BCUT2D eigenvalue weighted by Crippen LogP contribution is 2.12. The van der Waals surface area contributed by atoms with Crippen molar-refractivity contribution in [2.75, 3.05) is 18.5 Å². The molecular formula is C12H22N4. The third-order valence-corrected chi connectivity index (χ3v) is 2.91. The van der Waals surface area contributed by atoms with Crippen molar-refractivity contribution in [2.45, 2.75) is 33.7 Å². The maximum atomic E-state index is 5.59. The summed E-state index contributed by atoms with van der Waals surface area (Å²) in [5, 5.41) is 0. The number of anilines is 1. The molecule has 0 aliphatic heterocycles. The topological polar surface area (TPSA) is 55.0 Å². The van der Waals surface area contributed by atoms with Crippen molar-refractivity contribution < 1.29 is 0 Å². The Balaban J connectivity index is 2.76. The number of nitrogens with two attached hydrogens (primary N) is 1. The molecule has 0 bridgehead atoms. The molecule has 1 unspecified atom stereocenters. The standard InChI is InChI=1S/C12H22N4/c1-5-9(2)8-16(4)12-14-7-11(6-13)10(3)15-12/h7,9H,5-6,8,13H2,1-4H3. The number of rotatable bonds is 5. The minimum atomic E-state index is 0.501. The molecule has 16 heavy (non-hydrogen) atoms. The summed E-state index contributed by atoms with van der Waals surface area (Å²) >= 11 is 0. The average Bonchev–Trinajstić information content (AvgIpc) is 2.28. The Morgan fingerprint density at radius 3 is 2.69 bits per heavy atom. The van der Waals surface area contributed by atoms with Crippen LogP contribution < -0.4 is 10.6 Å². The lowest BCUT2D eigenvalue weighted by Crippen LogP contribution is -2.26. The van der Waals surface area contributed by atoms with Gasteiger partial charge in [0.05, 0.1) is 0 Å². The lowest BCUT2D eigenvalue weighted by atomic mass is 10.1. The van der Waals surface area contributed by atoms with Gasteiger partial charge in [0.15, 0.2) is 0 Å². The van der Waals surface area contributed by atoms with Crippen LogP contribution >= 0.6 is 0 Å². The number of aromatic nitrogens is 2. The van der Waals surface area contributed by atoms with Gasteiger partial charge in [0.2, 0.25) is 5.95 Å². The highest BCUT2D eigenvalue weighted by atomic mass is 15.2. The number of aryl methyl sites for hydroxylation is 1. The molecule has 1 rings (SSSR count). The maximum Gasteiger partial charge on any atom is 0.225 e. The van der Waals surface area contributed by atoms with Gasteiger partial charge in [-0.1, -0.05) is 20.3 Å². The molecule has 4 nitrogen and oxygen atoms in total. The van der Waals surface area contributed by atoms with Crippen molar-refractivity contribution >= 4 is 5.95 Å². The second kappa shape index (κ2) is 5.80. The molecule has 0 saturated heterocycles. The fraction of sp³-hybridized carbons (Fsp3) is 0.667. The van der Waals surface area contributed by atoms with Gasteiger partial charge >= 0.3 is 0 Å². The summed E-state index contributed by atoms with van der Waals surface area (Å²) in [7, 11) is 2.03. The zero-order valence-electron chi connectivity index (χ0n) is 10.7. The first-order valence-electron chi connectivity index (χ1n) is 5.82. The average molecular weight is 222 g/mol. The van der Waals surface area contributed by atoms with Gasteiger partial charge in [-0.15, -0.1) is 0 Å². The Morgan fingerprint density at radius 1 is 1.50 bits per heavy atom. The van der Waals surface area contributed by atoms with Crippen molar-refractivity contribution in [1.82, 2.24) is 9.97 Å². The second-order valence-electron chi connectivity index (χ2n) is 4.38. The Morgan fingerprint density at radius 2 is 2.19 bits per heavy atom. The van der Waals surface area contributed by atoms with E-state index in [1.165, 1.54) is 6.42 Å². The molecule has 1 heterocycles. The summed E-state index contributed by atoms with van der Waals surface area (Å²) in [5.74, 6) is 1.44. The van der Waals surface area contributed by atoms with E-state index >= 15 is 0 Å². The van der Waals surface area contributed by atoms with Gasteiger partial charge in [-0.05, 0) is 12.8 Å². The van der Waals surface area contributed by atoms with Crippen LogP contribution in [0.15, 0.2) is 6.20 Å². The van der Waals surface area contributed by atoms with E-state index in [4.69, 9.17) is 5.73 Å². The molecule has 4 heteroatoms. The SMILES string of the molecule is CCC(C)CN(C)c1ncc(CN)c(C)n1. The number of nitrogens with zero attached hydrogens (tertiary/aromatic N) is 3. The van der Waals surface area contributed by atoms with Gasteiger partial charge in [-0.25, -0.2) is 9.97 Å². The van der Waals surface area contributed by atoms with Crippen molar-refractivity contribution in [1.29, 1.82) is 0 Å². The molecule has 0 radical (unpaired) electrons. The molecule has 0 saturated carbocycles. The third-order valence-electron chi connectivity index (χ3n) is 2.91. The summed E-state index contributed by atoms with van der Waals surface area (Å²) in [6.07, 6.45) is 3.00. The number of hydrogen-bond acceptors (Lipinski definition) is 4. The number of hydrogen-bond donors (Lipinski definition) is 1. The largest absolute Gasteiger partial charge is 0.344 e. The van der Waals surface area contributed by atoms with Crippen LogP contribution in [0.3, 0.4) is 0 Å². The van der Waals surface area contributed by atoms with E-state index in [0.29, 0.717) is 12.5 Å². The zero-order chi connectivity index (χ0) is 12.1. The van der Waals surface area contributed by atoms with E-state index in [2.05, 4.69) is 28.7 Å². The van der Waals surface area contributed by atoms with E-state index in [1.54, 1.807) is 0 Å². The van der Waals surface area contributed by atoms with E-state index < -0.39 is 0 Å². The summed E-state index contributed by atoms with van der Waals surface area (Å²) < 4.78 is 0. The van der Waals surface area contributed by atoms with Gasteiger partial charge in [0, 0.05) is 37.6 Å². The van der Waals surface area contributed by atoms with Crippen LogP contribution in [0.1, 0.15) is 31.5 Å². The Bertz CT molecular complexity index is 338. The van der Waals surface area contributed by atoms with Crippen LogP contribution in [-0.4, -0.2) is 23.6 Å². The fourth-order valence-electron chi connectivity index (χ4n) is 1.54. The Hall–Kier alpha value is -1.16. The normalized spacial score (nSPS) is 12.6. The third kappa shape index (κ3) is 3.17. The van der Waals surface area contributed by atoms with Gasteiger partial charge in [-0.2, -0.15) is 0 Å². The molecule has 0 aliphatic rings. The fourth-order valence-corrected chi connectivity index (χ4v) is 1.54. The summed E-state index contributed by atoms with van der Waals surface area (Å²) in [6, 6.07) is 0. The van der Waals surface area contributed by atoms with Crippen molar-refractivity contribution in [2.24, 2.45) is 11.7 Å². The Labute approximate surface area is 97.9 Å². The minimum Gasteiger partial charge on any atom is -0.344 e. The van der Waals surface area contributed by atoms with Gasteiger partial charge in [0.1, 0.15) is 0 Å². The maximum absolute atomic E-state index is 5.59. The van der Waals surface area contributed by atoms with E-state index in [1.807, 2.05) is 20.2 Å².